The van der Waals surface area contributed by atoms with E-state index in [-0.39, 0.29) is 0 Å². The SMILES string of the molecule is O=C(O)C1(Cl)C(Cl)(Cl)C(Cl)(Cl)CC(Cl)(CC2(Cl)CC(Cl)(Cl)C(Cl)(Cl)C(Cl)(C(=O)O)C2(Cl)Cl)C1(Cl)Cl. The first-order valence-corrected chi connectivity index (χ1v) is 14.5. The highest BCUT2D eigenvalue weighted by Gasteiger charge is 2.86. The van der Waals surface area contributed by atoms with E-state index in [2.05, 4.69) is 0 Å². The summed E-state index contributed by atoms with van der Waals surface area (Å²) in [5.74, 6) is -3.97. The summed E-state index contributed by atoms with van der Waals surface area (Å²) in [6, 6.07) is 0. The maximum atomic E-state index is 12.3. The molecule has 0 aliphatic heterocycles. The van der Waals surface area contributed by atoms with E-state index < -0.39 is 76.7 Å². The summed E-state index contributed by atoms with van der Waals surface area (Å²) in [7, 11) is 0. The summed E-state index contributed by atoms with van der Waals surface area (Å²) in [6.45, 7) is 0. The van der Waals surface area contributed by atoms with Gasteiger partial charge in [-0.05, 0) is 6.42 Å². The molecule has 4 atom stereocenters. The molecule has 2 aliphatic rings. The Labute approximate surface area is 279 Å². The van der Waals surface area contributed by atoms with E-state index in [1.165, 1.54) is 0 Å². The second-order valence-corrected chi connectivity index (χ2v) is 19.0. The van der Waals surface area contributed by atoms with Crippen LogP contribution in [0.5, 0.6) is 0 Å². The summed E-state index contributed by atoms with van der Waals surface area (Å²) in [5, 5.41) is 19.8. The summed E-state index contributed by atoms with van der Waals surface area (Å²) in [5.41, 5.74) is 0. The van der Waals surface area contributed by atoms with Crippen LogP contribution in [0.15, 0.2) is 0 Å². The average molecular weight is 819 g/mol. The number of carboxylic acids is 2. The fourth-order valence-corrected chi connectivity index (χ4v) is 10.9. The second kappa shape index (κ2) is 9.55. The Morgan fingerprint density at radius 1 is 0.486 bits per heavy atom. The van der Waals surface area contributed by atoms with Crippen LogP contribution in [-0.2, 0) is 9.59 Å². The van der Waals surface area contributed by atoms with Crippen LogP contribution in [0.2, 0.25) is 0 Å². The number of carboxylic acid groups (broad SMARTS) is 2. The van der Waals surface area contributed by atoms with Crippen LogP contribution in [0.3, 0.4) is 0 Å². The van der Waals surface area contributed by atoms with Crippen molar-refractivity contribution < 1.29 is 19.8 Å². The Kier molecular flexibility index (Phi) is 9.49. The van der Waals surface area contributed by atoms with Gasteiger partial charge in [-0.15, -0.1) is 23.2 Å². The zero-order valence-corrected chi connectivity index (χ0v) is 28.0. The highest BCUT2D eigenvalue weighted by molar-refractivity contribution is 6.74. The highest BCUT2D eigenvalue weighted by Crippen LogP contribution is 2.75. The minimum atomic E-state index is -3.12. The Hall–Kier alpha value is 3.58. The predicted molar refractivity (Wildman–Crippen MR) is 150 cm³/mol. The molecule has 204 valence electrons. The second-order valence-electron chi connectivity index (χ2n) is 8.09. The normalized spacial score (nSPS) is 42.7. The van der Waals surface area contributed by atoms with Gasteiger partial charge in [0, 0.05) is 12.8 Å². The van der Waals surface area contributed by atoms with Crippen LogP contribution >= 0.6 is 186 Å². The first-order valence-electron chi connectivity index (χ1n) is 8.50. The molecule has 4 unspecified atom stereocenters. The maximum absolute atomic E-state index is 12.3. The molecule has 2 N–H and O–H groups in total. The molecule has 0 aromatic rings. The average Bonchev–Trinajstić information content (AvgIpc) is 2.62. The van der Waals surface area contributed by atoms with Crippen LogP contribution in [0.1, 0.15) is 19.3 Å². The highest BCUT2D eigenvalue weighted by atomic mass is 35.6. The molecule has 20 heteroatoms. The number of hydrogen-bond donors (Lipinski definition) is 2. The van der Waals surface area contributed by atoms with E-state index in [1.54, 1.807) is 0 Å². The summed E-state index contributed by atoms with van der Waals surface area (Å²) >= 11 is 102. The van der Waals surface area contributed by atoms with Crippen molar-refractivity contribution in [3.8, 4) is 0 Å². The molecule has 0 spiro atoms. The van der Waals surface area contributed by atoms with E-state index in [0.717, 1.165) is 0 Å². The molecule has 0 saturated heterocycles. The summed E-state index contributed by atoms with van der Waals surface area (Å²) < 4.78 is -16.3. The van der Waals surface area contributed by atoms with Gasteiger partial charge < -0.3 is 10.2 Å². The molecule has 0 heterocycles. The van der Waals surface area contributed by atoms with Gasteiger partial charge in [-0.3, -0.25) is 9.59 Å². The molecule has 35 heavy (non-hydrogen) atoms. The van der Waals surface area contributed by atoms with Crippen LogP contribution in [-0.4, -0.2) is 67.6 Å². The molecule has 0 radical (unpaired) electrons. The Morgan fingerprint density at radius 2 is 0.714 bits per heavy atom. The lowest BCUT2D eigenvalue weighted by molar-refractivity contribution is -0.142. The minimum Gasteiger partial charge on any atom is -0.480 e. The van der Waals surface area contributed by atoms with Gasteiger partial charge >= 0.3 is 11.9 Å². The first-order chi connectivity index (χ1) is 15.0. The van der Waals surface area contributed by atoms with Crippen molar-refractivity contribution in [3.05, 3.63) is 0 Å². The van der Waals surface area contributed by atoms with Gasteiger partial charge in [0.2, 0.25) is 9.75 Å². The molecule has 2 rings (SSSR count). The van der Waals surface area contributed by atoms with Gasteiger partial charge in [0.25, 0.3) is 0 Å². The van der Waals surface area contributed by atoms with E-state index in [1.807, 2.05) is 0 Å². The van der Waals surface area contributed by atoms with Crippen molar-refractivity contribution in [1.29, 1.82) is 0 Å². The van der Waals surface area contributed by atoms with Crippen LogP contribution in [0.4, 0.5) is 0 Å². The Bertz CT molecular complexity index is 877. The molecular weight excluding hydrogens is 811 g/mol. The molecule has 0 bridgehead atoms. The Balaban J connectivity index is 2.85. The molecule has 2 aliphatic carbocycles. The number of carbonyl (C=O) groups is 2. The van der Waals surface area contributed by atoms with Crippen LogP contribution in [0.25, 0.3) is 0 Å². The van der Waals surface area contributed by atoms with Gasteiger partial charge in [0.1, 0.15) is 0 Å². The quantitative estimate of drug-likeness (QED) is 0.278. The monoisotopic (exact) mass is 812 g/mol. The van der Waals surface area contributed by atoms with E-state index in [4.69, 9.17) is 186 Å². The fourth-order valence-electron chi connectivity index (χ4n) is 3.99. The Morgan fingerprint density at radius 3 is 0.914 bits per heavy atom. The van der Waals surface area contributed by atoms with Crippen molar-refractivity contribution in [1.82, 2.24) is 0 Å². The number of rotatable bonds is 4. The molecular formula is C15H8Cl16O4. The smallest absolute Gasteiger partial charge is 0.331 e. The van der Waals surface area contributed by atoms with Crippen molar-refractivity contribution >= 4 is 198 Å². The van der Waals surface area contributed by atoms with Gasteiger partial charge in [-0.2, -0.15) is 0 Å². The van der Waals surface area contributed by atoms with E-state index in [0.29, 0.717) is 0 Å². The topological polar surface area (TPSA) is 74.6 Å². The van der Waals surface area contributed by atoms with Crippen molar-refractivity contribution in [2.75, 3.05) is 0 Å². The standard InChI is InChI=1S/C15H8Cl16O4/c16-6(2-8(18,19)14(28,29)10(22,4(32)33)12(6,24)25)1-7(17)3-9(20,21)15(30,31)11(23,5(34)35)13(7,26)27/h1-3H2,(H,32,33)(H,34,35). The van der Waals surface area contributed by atoms with Crippen molar-refractivity contribution in [2.45, 2.75) is 64.8 Å². The predicted octanol–water partition coefficient (Wildman–Crippen LogP) is 9.31. The molecule has 2 fully saturated rings. The lowest BCUT2D eigenvalue weighted by Gasteiger charge is -2.63. The van der Waals surface area contributed by atoms with Gasteiger partial charge in [0.05, 0.1) is 9.75 Å². The van der Waals surface area contributed by atoms with Crippen molar-refractivity contribution in [2.24, 2.45) is 0 Å². The molecule has 0 aromatic carbocycles. The van der Waals surface area contributed by atoms with E-state index >= 15 is 0 Å². The number of aliphatic carboxylic acids is 2. The van der Waals surface area contributed by atoms with Crippen LogP contribution < -0.4 is 0 Å². The summed E-state index contributed by atoms with van der Waals surface area (Å²) in [4.78, 5) is 13.4. The third-order valence-corrected chi connectivity index (χ3v) is 17.1. The van der Waals surface area contributed by atoms with Gasteiger partial charge in [-0.1, -0.05) is 162 Å². The number of hydrogen-bond acceptors (Lipinski definition) is 2. The molecule has 4 nitrogen and oxygen atoms in total. The lowest BCUT2D eigenvalue weighted by Crippen LogP contribution is -2.80. The molecule has 0 amide bonds. The molecule has 0 aromatic heterocycles. The first kappa shape index (κ1) is 34.8. The zero-order valence-electron chi connectivity index (χ0n) is 15.9. The molecule has 2 saturated carbocycles. The zero-order chi connectivity index (χ0) is 28.3. The van der Waals surface area contributed by atoms with E-state index in [9.17, 15) is 19.8 Å². The number of alkyl halides is 16. The fraction of sp³-hybridized carbons (Fsp3) is 0.867. The lowest BCUT2D eigenvalue weighted by atomic mass is 9.68. The van der Waals surface area contributed by atoms with Crippen molar-refractivity contribution in [3.63, 3.8) is 0 Å². The minimum absolute atomic E-state index is 0.822. The third-order valence-electron chi connectivity index (χ3n) is 5.93. The van der Waals surface area contributed by atoms with Gasteiger partial charge in [0.15, 0.2) is 26.0 Å². The maximum Gasteiger partial charge on any atom is 0.331 e. The third kappa shape index (κ3) is 4.27. The largest absolute Gasteiger partial charge is 0.480 e. The number of halogens is 16. The van der Waals surface area contributed by atoms with Gasteiger partial charge in [-0.25, -0.2) is 0 Å². The summed E-state index contributed by atoms with van der Waals surface area (Å²) in [6.07, 6.45) is -2.60. The van der Waals surface area contributed by atoms with Crippen LogP contribution in [0, 0.1) is 0 Å².